The van der Waals surface area contributed by atoms with Gasteiger partial charge < -0.3 is 40.3 Å². The van der Waals surface area contributed by atoms with Gasteiger partial charge in [0.2, 0.25) is 0 Å². The summed E-state index contributed by atoms with van der Waals surface area (Å²) in [6.45, 7) is 5.17. The van der Waals surface area contributed by atoms with Crippen molar-refractivity contribution in [3.8, 4) is 0 Å². The van der Waals surface area contributed by atoms with Crippen molar-refractivity contribution in [3.05, 3.63) is 0 Å². The number of carbonyl (C=O) groups is 7. The summed E-state index contributed by atoms with van der Waals surface area (Å²) in [6, 6.07) is -0.716. The van der Waals surface area contributed by atoms with E-state index in [4.69, 9.17) is 40.3 Å². The third-order valence-electron chi connectivity index (χ3n) is 4.11. The van der Waals surface area contributed by atoms with Crippen LogP contribution in [-0.2, 0) is 57.2 Å². The molecule has 0 amide bonds. The summed E-state index contributed by atoms with van der Waals surface area (Å²) in [5.74, 6) is -5.16. The number of carbonyl (C=O) groups excluding carboxylic acids is 6. The summed E-state index contributed by atoms with van der Waals surface area (Å²) < 4.78 is 24.6. The van der Waals surface area contributed by atoms with Gasteiger partial charge in [-0.3, -0.25) is 33.6 Å². The van der Waals surface area contributed by atoms with Crippen LogP contribution < -0.4 is 11.5 Å². The summed E-state index contributed by atoms with van der Waals surface area (Å²) >= 11 is 0. The Balaban J connectivity index is -0.000000940. The molecule has 0 spiro atoms. The minimum Gasteiger partial charge on any atom is -0.480 e. The minimum absolute atomic E-state index is 0. The van der Waals surface area contributed by atoms with E-state index in [1.165, 1.54) is 0 Å². The number of carboxylic acids is 1. The maximum absolute atomic E-state index is 11.5. The summed E-state index contributed by atoms with van der Waals surface area (Å²) in [5, 5.41) is 8.33. The first-order valence-electron chi connectivity index (χ1n) is 11.1. The van der Waals surface area contributed by atoms with E-state index in [0.29, 0.717) is 13.0 Å². The molecule has 0 aromatic rings. The SMILES string of the molecule is CC(=O)OCC(OC(C)=O)C(OC(C)=O)C(OC(C)=O)C(C=O)OC(C)=O.Cl.NCCCCC(N)C(=O)O. The van der Waals surface area contributed by atoms with Crippen LogP contribution in [-0.4, -0.2) is 90.8 Å². The van der Waals surface area contributed by atoms with E-state index in [0.717, 1.165) is 47.5 Å². The highest BCUT2D eigenvalue weighted by Gasteiger charge is 2.43. The first-order valence-corrected chi connectivity index (χ1v) is 11.1. The minimum atomic E-state index is -1.67. The van der Waals surface area contributed by atoms with Gasteiger partial charge in [-0.05, 0) is 19.4 Å². The molecule has 0 saturated heterocycles. The Morgan fingerprint density at radius 1 is 0.763 bits per heavy atom. The number of halogens is 1. The molecule has 0 saturated carbocycles. The predicted molar refractivity (Wildman–Crippen MR) is 131 cm³/mol. The maximum Gasteiger partial charge on any atom is 0.320 e. The normalized spacial score (nSPS) is 13.8. The van der Waals surface area contributed by atoms with Gasteiger partial charge in [0.1, 0.15) is 12.6 Å². The molecule has 5 N–H and O–H groups in total. The molecule has 0 bridgehead atoms. The zero-order valence-corrected chi connectivity index (χ0v) is 22.7. The largest absolute Gasteiger partial charge is 0.480 e. The molecule has 0 aromatic heterocycles. The van der Waals surface area contributed by atoms with E-state index < -0.39 is 72.9 Å². The van der Waals surface area contributed by atoms with Crippen LogP contribution in [0.5, 0.6) is 0 Å². The Labute approximate surface area is 226 Å². The van der Waals surface area contributed by atoms with Crippen LogP contribution in [0, 0.1) is 0 Å². The van der Waals surface area contributed by atoms with Gasteiger partial charge in [-0.25, -0.2) is 0 Å². The number of rotatable bonds is 15. The number of carboxylic acid groups (broad SMARTS) is 1. The van der Waals surface area contributed by atoms with E-state index in [-0.39, 0.29) is 18.7 Å². The van der Waals surface area contributed by atoms with Gasteiger partial charge in [0.05, 0.1) is 0 Å². The van der Waals surface area contributed by atoms with Crippen LogP contribution in [0.2, 0.25) is 0 Å². The number of unbranched alkanes of at least 4 members (excludes halogenated alkanes) is 1. The van der Waals surface area contributed by atoms with Crippen LogP contribution in [0.25, 0.3) is 0 Å². The molecule has 0 aliphatic heterocycles. The number of aldehydes is 1. The van der Waals surface area contributed by atoms with Crippen LogP contribution in [0.1, 0.15) is 53.9 Å². The highest BCUT2D eigenvalue weighted by Crippen LogP contribution is 2.19. The summed E-state index contributed by atoms with van der Waals surface area (Å²) in [7, 11) is 0. The number of esters is 5. The molecule has 5 atom stereocenters. The van der Waals surface area contributed by atoms with Gasteiger partial charge in [0.15, 0.2) is 30.7 Å². The molecule has 220 valence electrons. The van der Waals surface area contributed by atoms with Gasteiger partial charge in [-0.2, -0.15) is 0 Å². The van der Waals surface area contributed by atoms with Crippen LogP contribution in [0.15, 0.2) is 0 Å². The molecule has 0 heterocycles. The standard InChI is InChI=1S/C16H22O11.C6H14N2O2.ClH/c1-8(18)23-7-14(25-10(3)20)16(27-12(5)22)15(26-11(4)21)13(6-17)24-9(2)19;7-4-2-1-3-5(8)6(9)10;/h6,13-16H,7H2,1-5H3;5H,1-4,7-8H2,(H,9,10);1H. The molecule has 5 unspecified atom stereocenters. The molecule has 0 rings (SSSR count). The molecule has 0 aliphatic rings. The van der Waals surface area contributed by atoms with Crippen molar-refractivity contribution in [1.82, 2.24) is 0 Å². The van der Waals surface area contributed by atoms with E-state index in [9.17, 15) is 33.6 Å². The topological polar surface area (TPSA) is 238 Å². The van der Waals surface area contributed by atoms with Gasteiger partial charge in [0.25, 0.3) is 0 Å². The van der Waals surface area contributed by atoms with Crippen molar-refractivity contribution in [2.45, 2.75) is 84.3 Å². The van der Waals surface area contributed by atoms with Crippen molar-refractivity contribution in [1.29, 1.82) is 0 Å². The molecule has 0 aliphatic carbocycles. The van der Waals surface area contributed by atoms with E-state index >= 15 is 0 Å². The fourth-order valence-corrected chi connectivity index (χ4v) is 2.66. The number of hydrogen-bond donors (Lipinski definition) is 3. The number of nitrogens with two attached hydrogens (primary N) is 2. The zero-order chi connectivity index (χ0) is 29.1. The number of aliphatic carboxylic acids is 1. The van der Waals surface area contributed by atoms with Gasteiger partial charge in [-0.1, -0.05) is 6.42 Å². The molecule has 15 nitrogen and oxygen atoms in total. The van der Waals surface area contributed by atoms with Crippen molar-refractivity contribution in [2.75, 3.05) is 13.2 Å². The van der Waals surface area contributed by atoms with E-state index in [1.807, 2.05) is 0 Å². The summed E-state index contributed by atoms with van der Waals surface area (Å²) in [5.41, 5.74) is 10.4. The second-order valence-electron chi connectivity index (χ2n) is 7.54. The summed E-state index contributed by atoms with van der Waals surface area (Å²) in [6.07, 6.45) is -4.07. The molecule has 16 heteroatoms. The molecule has 38 heavy (non-hydrogen) atoms. The van der Waals surface area contributed by atoms with E-state index in [2.05, 4.69) is 0 Å². The lowest BCUT2D eigenvalue weighted by Crippen LogP contribution is -2.53. The lowest BCUT2D eigenvalue weighted by atomic mass is 10.0. The first-order chi connectivity index (χ1) is 17.2. The second kappa shape index (κ2) is 21.8. The molecular weight excluding hydrogens is 536 g/mol. The highest BCUT2D eigenvalue weighted by molar-refractivity contribution is 5.85. The highest BCUT2D eigenvalue weighted by atomic mass is 35.5. The Morgan fingerprint density at radius 2 is 1.24 bits per heavy atom. The maximum atomic E-state index is 11.5. The second-order valence-corrected chi connectivity index (χ2v) is 7.54. The van der Waals surface area contributed by atoms with Gasteiger partial charge in [0, 0.05) is 34.6 Å². The Kier molecular flexibility index (Phi) is 22.5. The van der Waals surface area contributed by atoms with Crippen molar-refractivity contribution in [2.24, 2.45) is 11.5 Å². The van der Waals surface area contributed by atoms with Crippen LogP contribution >= 0.6 is 12.4 Å². The van der Waals surface area contributed by atoms with Crippen LogP contribution in [0.4, 0.5) is 0 Å². The monoisotopic (exact) mass is 572 g/mol. The third kappa shape index (κ3) is 19.8. The average Bonchev–Trinajstić information content (AvgIpc) is 2.77. The van der Waals surface area contributed by atoms with E-state index in [1.54, 1.807) is 0 Å². The van der Waals surface area contributed by atoms with Gasteiger partial charge >= 0.3 is 35.8 Å². The fraction of sp³-hybridized carbons (Fsp3) is 0.682. The smallest absolute Gasteiger partial charge is 0.320 e. The lowest BCUT2D eigenvalue weighted by molar-refractivity contribution is -0.201. The molecule has 0 aromatic carbocycles. The Hall–Kier alpha value is -3.30. The van der Waals surface area contributed by atoms with Crippen molar-refractivity contribution >= 4 is 54.5 Å². The quantitative estimate of drug-likeness (QED) is 0.0962. The molecular formula is C22H37ClN2O13. The number of hydrogen-bond acceptors (Lipinski definition) is 14. The third-order valence-corrected chi connectivity index (χ3v) is 4.11. The molecule has 0 fully saturated rings. The Bertz CT molecular complexity index is 793. The summed E-state index contributed by atoms with van der Waals surface area (Å²) in [4.78, 5) is 78.1. The van der Waals surface area contributed by atoms with Crippen molar-refractivity contribution in [3.63, 3.8) is 0 Å². The lowest BCUT2D eigenvalue weighted by Gasteiger charge is -2.33. The molecule has 0 radical (unpaired) electrons. The van der Waals surface area contributed by atoms with Crippen molar-refractivity contribution < 1.29 is 62.4 Å². The fourth-order valence-electron chi connectivity index (χ4n) is 2.66. The number of ether oxygens (including phenoxy) is 5. The zero-order valence-electron chi connectivity index (χ0n) is 21.9. The average molecular weight is 573 g/mol. The predicted octanol–water partition coefficient (Wildman–Crippen LogP) is -0.576. The first kappa shape index (κ1) is 39.2. The Morgan fingerprint density at radius 3 is 1.61 bits per heavy atom. The van der Waals surface area contributed by atoms with Gasteiger partial charge in [-0.15, -0.1) is 12.4 Å². The van der Waals surface area contributed by atoms with Crippen LogP contribution in [0.3, 0.4) is 0 Å².